The lowest BCUT2D eigenvalue weighted by molar-refractivity contribution is -0.142. The summed E-state index contributed by atoms with van der Waals surface area (Å²) in [5.41, 5.74) is 0.515. The van der Waals surface area contributed by atoms with Crippen molar-refractivity contribution >= 4 is 17.7 Å². The predicted octanol–water partition coefficient (Wildman–Crippen LogP) is 1.58. The molecule has 1 saturated heterocycles. The Kier molecular flexibility index (Phi) is 4.68. The van der Waals surface area contributed by atoms with Crippen LogP contribution in [0, 0.1) is 17.8 Å². The maximum Gasteiger partial charge on any atom is 0.308 e. The number of carboxylic acid groups (broad SMARTS) is 1. The van der Waals surface area contributed by atoms with Crippen molar-refractivity contribution in [1.29, 1.82) is 0 Å². The van der Waals surface area contributed by atoms with Crippen molar-refractivity contribution in [2.45, 2.75) is 13.8 Å². The second-order valence-corrected chi connectivity index (χ2v) is 6.33. The Balaban J connectivity index is 2.26. The van der Waals surface area contributed by atoms with Crippen LogP contribution in [0.4, 0.5) is 5.82 Å². The van der Waals surface area contributed by atoms with Gasteiger partial charge in [-0.3, -0.25) is 9.59 Å². The summed E-state index contributed by atoms with van der Waals surface area (Å²) in [6.45, 7) is 4.75. The zero-order valence-corrected chi connectivity index (χ0v) is 13.5. The van der Waals surface area contributed by atoms with Crippen molar-refractivity contribution in [3.8, 4) is 0 Å². The number of likely N-dealkylation sites (tertiary alicyclic amines) is 1. The molecule has 0 aromatic carbocycles. The Hall–Kier alpha value is -2.11. The first-order chi connectivity index (χ1) is 10.3. The summed E-state index contributed by atoms with van der Waals surface area (Å²) < 4.78 is 0. The smallest absolute Gasteiger partial charge is 0.308 e. The van der Waals surface area contributed by atoms with Gasteiger partial charge in [0.25, 0.3) is 5.91 Å². The van der Waals surface area contributed by atoms with E-state index in [4.69, 9.17) is 0 Å². The lowest BCUT2D eigenvalue weighted by Crippen LogP contribution is -2.31. The number of anilines is 1. The van der Waals surface area contributed by atoms with Gasteiger partial charge in [-0.1, -0.05) is 13.8 Å². The molecule has 6 nitrogen and oxygen atoms in total. The highest BCUT2D eigenvalue weighted by Crippen LogP contribution is 2.31. The molecule has 1 aromatic heterocycles. The fraction of sp³-hybridized carbons (Fsp3) is 0.562. The number of pyridine rings is 1. The first kappa shape index (κ1) is 16.3. The topological polar surface area (TPSA) is 73.7 Å². The van der Waals surface area contributed by atoms with Crippen molar-refractivity contribution in [2.75, 3.05) is 32.1 Å². The van der Waals surface area contributed by atoms with E-state index in [0.29, 0.717) is 17.9 Å². The summed E-state index contributed by atoms with van der Waals surface area (Å²) in [6, 6.07) is 3.47. The molecule has 2 rings (SSSR count). The molecule has 0 unspecified atom stereocenters. The van der Waals surface area contributed by atoms with Crippen molar-refractivity contribution < 1.29 is 14.7 Å². The zero-order chi connectivity index (χ0) is 16.4. The number of hydrogen-bond donors (Lipinski definition) is 1. The van der Waals surface area contributed by atoms with Gasteiger partial charge in [0.2, 0.25) is 0 Å². The fourth-order valence-electron chi connectivity index (χ4n) is 3.02. The molecule has 0 saturated carbocycles. The Labute approximate surface area is 130 Å². The molecule has 0 aliphatic carbocycles. The van der Waals surface area contributed by atoms with E-state index in [9.17, 15) is 14.7 Å². The summed E-state index contributed by atoms with van der Waals surface area (Å²) in [6.07, 6.45) is 1.65. The van der Waals surface area contributed by atoms with Crippen LogP contribution in [0.15, 0.2) is 18.3 Å². The van der Waals surface area contributed by atoms with Crippen molar-refractivity contribution in [2.24, 2.45) is 17.8 Å². The van der Waals surface area contributed by atoms with Crippen molar-refractivity contribution in [3.63, 3.8) is 0 Å². The molecule has 1 aliphatic heterocycles. The first-order valence-corrected chi connectivity index (χ1v) is 7.47. The molecule has 6 heteroatoms. The summed E-state index contributed by atoms with van der Waals surface area (Å²) in [5, 5.41) is 9.39. The second kappa shape index (κ2) is 6.34. The number of amides is 1. The van der Waals surface area contributed by atoms with Gasteiger partial charge in [0, 0.05) is 33.4 Å². The molecular formula is C16H23N3O3. The van der Waals surface area contributed by atoms with Crippen LogP contribution in [0.3, 0.4) is 0 Å². The van der Waals surface area contributed by atoms with Gasteiger partial charge < -0.3 is 14.9 Å². The van der Waals surface area contributed by atoms with Gasteiger partial charge in [0.1, 0.15) is 5.82 Å². The first-order valence-electron chi connectivity index (χ1n) is 7.47. The van der Waals surface area contributed by atoms with E-state index in [-0.39, 0.29) is 24.3 Å². The molecular weight excluding hydrogens is 282 g/mol. The van der Waals surface area contributed by atoms with Crippen LogP contribution in [0.25, 0.3) is 0 Å². The van der Waals surface area contributed by atoms with Crippen LogP contribution < -0.4 is 4.90 Å². The van der Waals surface area contributed by atoms with Gasteiger partial charge in [-0.15, -0.1) is 0 Å². The molecule has 0 radical (unpaired) electrons. The number of hydrogen-bond acceptors (Lipinski definition) is 4. The van der Waals surface area contributed by atoms with Crippen LogP contribution in [0.5, 0.6) is 0 Å². The molecule has 1 amide bonds. The lowest BCUT2D eigenvalue weighted by Gasteiger charge is -2.21. The number of carboxylic acids is 1. The molecule has 2 atom stereocenters. The van der Waals surface area contributed by atoms with Gasteiger partial charge in [0.05, 0.1) is 11.5 Å². The van der Waals surface area contributed by atoms with E-state index in [1.54, 1.807) is 28.1 Å². The predicted molar refractivity (Wildman–Crippen MR) is 83.9 cm³/mol. The third-order valence-electron chi connectivity index (χ3n) is 4.27. The highest BCUT2D eigenvalue weighted by Gasteiger charge is 2.41. The largest absolute Gasteiger partial charge is 0.481 e. The number of aromatic nitrogens is 1. The van der Waals surface area contributed by atoms with Crippen LogP contribution in [-0.4, -0.2) is 54.1 Å². The van der Waals surface area contributed by atoms with E-state index in [0.717, 1.165) is 0 Å². The summed E-state index contributed by atoms with van der Waals surface area (Å²) in [5.74, 6) is -0.655. The van der Waals surface area contributed by atoms with Gasteiger partial charge in [0.15, 0.2) is 0 Å². The average molecular weight is 305 g/mol. The highest BCUT2D eigenvalue weighted by molar-refractivity contribution is 5.99. The van der Waals surface area contributed by atoms with E-state index >= 15 is 0 Å². The summed E-state index contributed by atoms with van der Waals surface area (Å²) in [4.78, 5) is 31.9. The quantitative estimate of drug-likeness (QED) is 0.914. The number of carbonyl (C=O) groups is 2. The Morgan fingerprint density at radius 1 is 1.36 bits per heavy atom. The summed E-state index contributed by atoms with van der Waals surface area (Å²) in [7, 11) is 3.67. The normalized spacial score (nSPS) is 21.2. The van der Waals surface area contributed by atoms with Crippen LogP contribution in [0.1, 0.15) is 24.2 Å². The third-order valence-corrected chi connectivity index (χ3v) is 4.27. The standard InChI is InChI=1S/C16H23N3O3/c1-10(2)12-8-19(9-13(12)16(21)22)15(20)11-6-5-7-17-14(11)18(3)4/h5-7,10,12-13H,8-9H2,1-4H3,(H,21,22)/t12-,13+/m1/s1. The zero-order valence-electron chi connectivity index (χ0n) is 13.5. The van der Waals surface area contributed by atoms with E-state index in [1.807, 2.05) is 27.9 Å². The van der Waals surface area contributed by atoms with E-state index in [2.05, 4.69) is 4.98 Å². The van der Waals surface area contributed by atoms with Crippen LogP contribution >= 0.6 is 0 Å². The van der Waals surface area contributed by atoms with Crippen LogP contribution in [0.2, 0.25) is 0 Å². The minimum atomic E-state index is -0.826. The van der Waals surface area contributed by atoms with Gasteiger partial charge >= 0.3 is 5.97 Å². The van der Waals surface area contributed by atoms with E-state index < -0.39 is 11.9 Å². The Morgan fingerprint density at radius 2 is 2.05 bits per heavy atom. The number of aliphatic carboxylic acids is 1. The minimum absolute atomic E-state index is 0.0130. The van der Waals surface area contributed by atoms with E-state index in [1.165, 1.54) is 0 Å². The maximum absolute atomic E-state index is 12.8. The Bertz CT molecular complexity index is 572. The molecule has 1 aromatic rings. The summed E-state index contributed by atoms with van der Waals surface area (Å²) >= 11 is 0. The molecule has 120 valence electrons. The molecule has 2 heterocycles. The van der Waals surface area contributed by atoms with Crippen molar-refractivity contribution in [1.82, 2.24) is 9.88 Å². The maximum atomic E-state index is 12.8. The minimum Gasteiger partial charge on any atom is -0.481 e. The molecule has 1 N–H and O–H groups in total. The lowest BCUT2D eigenvalue weighted by atomic mass is 9.86. The molecule has 1 fully saturated rings. The third kappa shape index (κ3) is 3.05. The van der Waals surface area contributed by atoms with Gasteiger partial charge in [-0.05, 0) is 24.0 Å². The molecule has 1 aliphatic rings. The second-order valence-electron chi connectivity index (χ2n) is 6.33. The van der Waals surface area contributed by atoms with Gasteiger partial charge in [-0.2, -0.15) is 0 Å². The average Bonchev–Trinajstić information content (AvgIpc) is 2.92. The molecule has 0 bridgehead atoms. The number of carbonyl (C=O) groups excluding carboxylic acids is 1. The van der Waals surface area contributed by atoms with Crippen LogP contribution in [-0.2, 0) is 4.79 Å². The molecule has 0 spiro atoms. The van der Waals surface area contributed by atoms with Gasteiger partial charge in [-0.25, -0.2) is 4.98 Å². The monoisotopic (exact) mass is 305 g/mol. The number of nitrogens with zero attached hydrogens (tertiary/aromatic N) is 3. The number of rotatable bonds is 4. The molecule has 22 heavy (non-hydrogen) atoms. The van der Waals surface area contributed by atoms with Crippen molar-refractivity contribution in [3.05, 3.63) is 23.9 Å². The fourth-order valence-corrected chi connectivity index (χ4v) is 3.02. The highest BCUT2D eigenvalue weighted by atomic mass is 16.4. The Morgan fingerprint density at radius 3 is 2.55 bits per heavy atom. The SMILES string of the molecule is CC(C)[C@H]1CN(C(=O)c2cccnc2N(C)C)C[C@@H]1C(=O)O.